The molecule has 0 fully saturated rings. The van der Waals surface area contributed by atoms with E-state index in [9.17, 15) is 41.7 Å². The molecule has 3 nitrogen and oxygen atoms in total. The predicted molar refractivity (Wildman–Crippen MR) is 128 cm³/mol. The van der Waals surface area contributed by atoms with Gasteiger partial charge in [0.25, 0.3) is 0 Å². The lowest BCUT2D eigenvalue weighted by Gasteiger charge is -2.28. The maximum absolute atomic E-state index is 12.9. The van der Waals surface area contributed by atoms with Crippen LogP contribution in [0.5, 0.6) is 0 Å². The van der Waals surface area contributed by atoms with E-state index in [0.29, 0.717) is 28.9 Å². The van der Waals surface area contributed by atoms with Crippen molar-refractivity contribution in [2.75, 3.05) is 5.75 Å². The molecule has 1 unspecified atom stereocenters. The topological polar surface area (TPSA) is 60.7 Å². The van der Waals surface area contributed by atoms with E-state index in [2.05, 4.69) is 0 Å². The Morgan fingerprint density at radius 3 is 1.97 bits per heavy atom. The molecule has 202 valence electrons. The first kappa shape index (κ1) is 30.5. The standard InChI is InChI=1S/C26H32F6O3S/c1-4-17-12-20(24(2,3)10-9-16-5-6-18(13-33)19(11-16)14-34)7-8-22(17)36-15-21(35)23(25(27,28)29)26(30,31)32/h5-8,11-12,21,23,33-35H,4,9-10,13-15H2,1-3H3. The molecule has 0 aliphatic heterocycles. The molecule has 0 aliphatic carbocycles. The van der Waals surface area contributed by atoms with E-state index in [1.54, 1.807) is 12.1 Å². The van der Waals surface area contributed by atoms with Gasteiger partial charge >= 0.3 is 12.4 Å². The van der Waals surface area contributed by atoms with E-state index < -0.39 is 30.1 Å². The highest BCUT2D eigenvalue weighted by molar-refractivity contribution is 7.99. The molecule has 0 radical (unpaired) electrons. The Balaban J connectivity index is 2.14. The van der Waals surface area contributed by atoms with Gasteiger partial charge in [0.2, 0.25) is 0 Å². The lowest BCUT2D eigenvalue weighted by atomic mass is 9.79. The van der Waals surface area contributed by atoms with Crippen LogP contribution in [0.2, 0.25) is 0 Å². The first-order chi connectivity index (χ1) is 16.6. The molecular weight excluding hydrogens is 506 g/mol. The third-order valence-electron chi connectivity index (χ3n) is 6.37. The number of aliphatic hydroxyl groups excluding tert-OH is 3. The molecule has 1 atom stereocenters. The normalized spacial score (nSPS) is 13.9. The van der Waals surface area contributed by atoms with Gasteiger partial charge in [0.05, 0.1) is 19.3 Å². The summed E-state index contributed by atoms with van der Waals surface area (Å²) in [6.45, 7) is 5.61. The van der Waals surface area contributed by atoms with Crippen LogP contribution in [-0.4, -0.2) is 39.5 Å². The smallest absolute Gasteiger partial charge is 0.392 e. The second-order valence-corrected chi connectivity index (χ2v) is 10.5. The van der Waals surface area contributed by atoms with Gasteiger partial charge in [-0.1, -0.05) is 51.1 Å². The van der Waals surface area contributed by atoms with Crippen LogP contribution >= 0.6 is 11.8 Å². The van der Waals surface area contributed by atoms with Crippen molar-refractivity contribution in [1.82, 2.24) is 0 Å². The Bertz CT molecular complexity index is 990. The zero-order valence-corrected chi connectivity index (χ0v) is 21.2. The Morgan fingerprint density at radius 2 is 1.44 bits per heavy atom. The highest BCUT2D eigenvalue weighted by Crippen LogP contribution is 2.43. The van der Waals surface area contributed by atoms with Gasteiger partial charge in [0, 0.05) is 10.6 Å². The summed E-state index contributed by atoms with van der Waals surface area (Å²) in [4.78, 5) is 0.534. The Morgan fingerprint density at radius 1 is 0.833 bits per heavy atom. The summed E-state index contributed by atoms with van der Waals surface area (Å²) < 4.78 is 77.3. The number of rotatable bonds is 11. The van der Waals surface area contributed by atoms with Gasteiger partial charge < -0.3 is 15.3 Å². The van der Waals surface area contributed by atoms with Gasteiger partial charge in [0.15, 0.2) is 5.92 Å². The zero-order chi connectivity index (χ0) is 27.3. The summed E-state index contributed by atoms with van der Waals surface area (Å²) in [6.07, 6.45) is -11.8. The molecule has 0 amide bonds. The van der Waals surface area contributed by atoms with Crippen molar-refractivity contribution in [3.63, 3.8) is 0 Å². The van der Waals surface area contributed by atoms with Gasteiger partial charge in [-0.15, -0.1) is 11.8 Å². The monoisotopic (exact) mass is 538 g/mol. The van der Waals surface area contributed by atoms with E-state index in [0.717, 1.165) is 34.9 Å². The van der Waals surface area contributed by atoms with Crippen LogP contribution in [0.25, 0.3) is 0 Å². The van der Waals surface area contributed by atoms with Gasteiger partial charge in [-0.2, -0.15) is 26.3 Å². The van der Waals surface area contributed by atoms with Gasteiger partial charge in [0.1, 0.15) is 0 Å². The van der Waals surface area contributed by atoms with Crippen LogP contribution in [-0.2, 0) is 31.5 Å². The number of aryl methyl sites for hydroxylation is 2. The van der Waals surface area contributed by atoms with Crippen LogP contribution in [0, 0.1) is 5.92 Å². The van der Waals surface area contributed by atoms with E-state index >= 15 is 0 Å². The molecule has 10 heteroatoms. The van der Waals surface area contributed by atoms with Crippen molar-refractivity contribution in [2.24, 2.45) is 5.92 Å². The molecule has 0 aliphatic rings. The van der Waals surface area contributed by atoms with Gasteiger partial charge in [-0.3, -0.25) is 0 Å². The number of aliphatic hydroxyl groups is 3. The third-order valence-corrected chi connectivity index (χ3v) is 7.59. The first-order valence-corrected chi connectivity index (χ1v) is 12.5. The molecular formula is C26H32F6O3S. The fraction of sp³-hybridized carbons (Fsp3) is 0.538. The summed E-state index contributed by atoms with van der Waals surface area (Å²) in [5, 5.41) is 28.6. The highest BCUT2D eigenvalue weighted by atomic mass is 32.2. The first-order valence-electron chi connectivity index (χ1n) is 11.5. The molecule has 2 aromatic carbocycles. The zero-order valence-electron chi connectivity index (χ0n) is 20.4. The van der Waals surface area contributed by atoms with Crippen LogP contribution in [0.15, 0.2) is 41.3 Å². The van der Waals surface area contributed by atoms with Crippen LogP contribution in [0.1, 0.15) is 55.0 Å². The van der Waals surface area contributed by atoms with Crippen molar-refractivity contribution < 1.29 is 41.7 Å². The summed E-state index contributed by atoms with van der Waals surface area (Å²) in [5.74, 6) is -4.53. The number of benzene rings is 2. The minimum atomic E-state index is -5.59. The minimum absolute atomic E-state index is 0.157. The average Bonchev–Trinajstić information content (AvgIpc) is 2.79. The average molecular weight is 539 g/mol. The fourth-order valence-electron chi connectivity index (χ4n) is 4.05. The van der Waals surface area contributed by atoms with Crippen molar-refractivity contribution >= 4 is 11.8 Å². The molecule has 0 bridgehead atoms. The Kier molecular flexibility index (Phi) is 10.3. The summed E-state index contributed by atoms with van der Waals surface area (Å²) in [5.41, 5.74) is 3.81. The quantitative estimate of drug-likeness (QED) is 0.231. The highest BCUT2D eigenvalue weighted by Gasteiger charge is 2.60. The summed E-state index contributed by atoms with van der Waals surface area (Å²) in [6, 6.07) is 11.0. The maximum atomic E-state index is 12.9. The molecule has 3 N–H and O–H groups in total. The number of hydrogen-bond donors (Lipinski definition) is 3. The molecule has 0 saturated heterocycles. The molecule has 0 heterocycles. The summed E-state index contributed by atoms with van der Waals surface area (Å²) >= 11 is 0.783. The van der Waals surface area contributed by atoms with E-state index in [-0.39, 0.29) is 18.6 Å². The molecule has 0 aromatic heterocycles. The number of hydrogen-bond acceptors (Lipinski definition) is 4. The van der Waals surface area contributed by atoms with Crippen LogP contribution < -0.4 is 0 Å². The molecule has 0 spiro atoms. The Hall–Kier alpha value is -1.75. The van der Waals surface area contributed by atoms with Crippen LogP contribution in [0.4, 0.5) is 26.3 Å². The lowest BCUT2D eigenvalue weighted by Crippen LogP contribution is -2.45. The van der Waals surface area contributed by atoms with Crippen molar-refractivity contribution in [3.8, 4) is 0 Å². The lowest BCUT2D eigenvalue weighted by molar-refractivity contribution is -0.303. The van der Waals surface area contributed by atoms with Crippen LogP contribution in [0.3, 0.4) is 0 Å². The van der Waals surface area contributed by atoms with E-state index in [1.165, 1.54) is 0 Å². The van der Waals surface area contributed by atoms with Gasteiger partial charge in [-0.05, 0) is 58.6 Å². The SMILES string of the molecule is CCc1cc(C(C)(C)CCc2ccc(CO)c(CO)c2)ccc1SCC(O)C(C(F)(F)F)C(F)(F)F. The number of alkyl halides is 6. The summed E-state index contributed by atoms with van der Waals surface area (Å²) in [7, 11) is 0. The van der Waals surface area contributed by atoms with Crippen molar-refractivity contribution in [1.29, 1.82) is 0 Å². The Labute approximate surface area is 211 Å². The van der Waals surface area contributed by atoms with E-state index in [4.69, 9.17) is 0 Å². The number of thioether (sulfide) groups is 1. The maximum Gasteiger partial charge on any atom is 0.403 e. The molecule has 36 heavy (non-hydrogen) atoms. The molecule has 2 aromatic rings. The van der Waals surface area contributed by atoms with Crippen molar-refractivity contribution in [3.05, 3.63) is 64.2 Å². The third kappa shape index (κ3) is 7.87. The fourth-order valence-corrected chi connectivity index (χ4v) is 5.14. The second-order valence-electron chi connectivity index (χ2n) is 9.42. The second kappa shape index (κ2) is 12.2. The largest absolute Gasteiger partial charge is 0.403 e. The number of halogens is 6. The van der Waals surface area contributed by atoms with E-state index in [1.807, 2.05) is 45.0 Å². The predicted octanol–water partition coefficient (Wildman–Crippen LogP) is 6.34. The molecule has 0 saturated carbocycles. The van der Waals surface area contributed by atoms with Crippen molar-refractivity contribution in [2.45, 2.75) is 82.0 Å². The van der Waals surface area contributed by atoms with Gasteiger partial charge in [-0.25, -0.2) is 0 Å². The molecule has 2 rings (SSSR count). The minimum Gasteiger partial charge on any atom is -0.392 e.